The van der Waals surface area contributed by atoms with Crippen molar-refractivity contribution in [3.63, 3.8) is 0 Å². The topological polar surface area (TPSA) is 130 Å². The molecule has 10 nitrogen and oxygen atoms in total. The maximum absolute atomic E-state index is 12.8. The monoisotopic (exact) mass is 470 g/mol. The number of aromatic nitrogens is 6. The van der Waals surface area contributed by atoms with E-state index in [2.05, 4.69) is 36.3 Å². The highest BCUT2D eigenvalue weighted by atomic mass is 32.2. The van der Waals surface area contributed by atoms with Gasteiger partial charge in [0, 0.05) is 16.9 Å². The number of aromatic amines is 1. The predicted octanol–water partition coefficient (Wildman–Crippen LogP) is 2.91. The summed E-state index contributed by atoms with van der Waals surface area (Å²) < 4.78 is 1.48. The fourth-order valence-corrected chi connectivity index (χ4v) is 4.20. The number of fused-ring (bicyclic) bond motifs is 1. The molecule has 34 heavy (non-hydrogen) atoms. The van der Waals surface area contributed by atoms with Gasteiger partial charge in [-0.2, -0.15) is 0 Å². The van der Waals surface area contributed by atoms with Crippen LogP contribution in [0.25, 0.3) is 16.7 Å². The lowest BCUT2D eigenvalue weighted by atomic mass is 10.1. The minimum absolute atomic E-state index is 0.380. The van der Waals surface area contributed by atoms with Gasteiger partial charge in [0.05, 0.1) is 16.7 Å². The highest BCUT2D eigenvalue weighted by Gasteiger charge is 2.14. The van der Waals surface area contributed by atoms with Crippen molar-refractivity contribution in [3.05, 3.63) is 95.8 Å². The van der Waals surface area contributed by atoms with E-state index in [-0.39, 0.29) is 0 Å². The normalized spacial score (nSPS) is 10.8. The molecule has 2 aromatic heterocycles. The number of carbonyl (C=O) groups is 2. The summed E-state index contributed by atoms with van der Waals surface area (Å²) in [6.07, 6.45) is 1.46. The van der Waals surface area contributed by atoms with Gasteiger partial charge in [0.15, 0.2) is 5.16 Å². The molecule has 0 saturated heterocycles. The molecule has 0 fully saturated rings. The molecule has 2 heterocycles. The number of imidazole rings is 1. The van der Waals surface area contributed by atoms with Crippen molar-refractivity contribution < 1.29 is 9.59 Å². The molecule has 0 unspecified atom stereocenters. The number of tetrazole rings is 1. The Bertz CT molecular complexity index is 1410. The van der Waals surface area contributed by atoms with Gasteiger partial charge in [0.1, 0.15) is 6.33 Å². The zero-order chi connectivity index (χ0) is 23.3. The smallest absolute Gasteiger partial charge is 0.270 e. The molecule has 11 heteroatoms. The maximum atomic E-state index is 12.8. The molecule has 3 aromatic carbocycles. The summed E-state index contributed by atoms with van der Waals surface area (Å²) in [5, 5.41) is 11.7. The number of amides is 2. The van der Waals surface area contributed by atoms with Gasteiger partial charge in [-0.3, -0.25) is 20.4 Å². The number of carbonyl (C=O) groups excluding carboxylic acids is 2. The number of thioether (sulfide) groups is 1. The second-order valence-electron chi connectivity index (χ2n) is 7.21. The Hall–Kier alpha value is -4.51. The average Bonchev–Trinajstić information content (AvgIpc) is 3.56. The Morgan fingerprint density at radius 2 is 1.68 bits per heavy atom. The van der Waals surface area contributed by atoms with Gasteiger partial charge in [0.25, 0.3) is 11.8 Å². The summed E-state index contributed by atoms with van der Waals surface area (Å²) in [5.74, 6) is -0.305. The summed E-state index contributed by atoms with van der Waals surface area (Å²) in [5.41, 5.74) is 9.19. The number of H-pyrrole nitrogens is 1. The number of hydrazine groups is 1. The van der Waals surface area contributed by atoms with Gasteiger partial charge in [0.2, 0.25) is 0 Å². The van der Waals surface area contributed by atoms with Gasteiger partial charge in [-0.1, -0.05) is 42.1 Å². The number of hydrogen-bond donors (Lipinski definition) is 3. The van der Waals surface area contributed by atoms with Crippen LogP contribution in [0, 0.1) is 0 Å². The van der Waals surface area contributed by atoms with Crippen molar-refractivity contribution in [2.45, 2.75) is 10.9 Å². The quantitative estimate of drug-likeness (QED) is 0.257. The number of nitrogens with zero attached hydrogens (tertiary/aromatic N) is 5. The zero-order valence-corrected chi connectivity index (χ0v) is 18.5. The average molecular weight is 471 g/mol. The molecule has 168 valence electrons. The van der Waals surface area contributed by atoms with Gasteiger partial charge in [-0.05, 0) is 58.5 Å². The molecule has 5 aromatic rings. The molecule has 5 rings (SSSR count). The number of hydrogen-bond acceptors (Lipinski definition) is 7. The van der Waals surface area contributed by atoms with Crippen molar-refractivity contribution in [2.24, 2.45) is 0 Å². The van der Waals surface area contributed by atoms with E-state index in [1.165, 1.54) is 22.8 Å². The third-order valence-corrected chi connectivity index (χ3v) is 5.95. The highest BCUT2D eigenvalue weighted by Crippen LogP contribution is 2.24. The molecule has 0 spiro atoms. The Balaban J connectivity index is 1.21. The van der Waals surface area contributed by atoms with Crippen LogP contribution in [0.5, 0.6) is 0 Å². The fraction of sp³-hybridized carbons (Fsp3) is 0.0435. The van der Waals surface area contributed by atoms with Crippen LogP contribution in [-0.2, 0) is 5.75 Å². The van der Waals surface area contributed by atoms with Crippen molar-refractivity contribution in [3.8, 4) is 5.69 Å². The first-order valence-electron chi connectivity index (χ1n) is 10.3. The Morgan fingerprint density at radius 3 is 2.47 bits per heavy atom. The Kier molecular flexibility index (Phi) is 5.99. The van der Waals surface area contributed by atoms with E-state index >= 15 is 0 Å². The molecule has 0 bridgehead atoms. The number of benzene rings is 3. The van der Waals surface area contributed by atoms with Crippen LogP contribution < -0.4 is 10.9 Å². The molecule has 0 atom stereocenters. The van der Waals surface area contributed by atoms with E-state index in [0.29, 0.717) is 22.6 Å². The van der Waals surface area contributed by atoms with Crippen LogP contribution in [0.4, 0.5) is 0 Å². The number of rotatable bonds is 6. The van der Waals surface area contributed by atoms with E-state index < -0.39 is 11.8 Å². The second-order valence-corrected chi connectivity index (χ2v) is 8.18. The SMILES string of the molecule is O=C(NNC(=O)c1ccccc1CSc1nc2ccccc2[nH]1)c1ccc(-n2cnnn2)cc1. The van der Waals surface area contributed by atoms with Crippen LogP contribution in [-0.4, -0.2) is 42.0 Å². The van der Waals surface area contributed by atoms with Crippen LogP contribution in [0.1, 0.15) is 26.3 Å². The molecule has 0 saturated carbocycles. The van der Waals surface area contributed by atoms with E-state index in [4.69, 9.17) is 0 Å². The number of para-hydroxylation sites is 2. The van der Waals surface area contributed by atoms with E-state index in [9.17, 15) is 9.59 Å². The van der Waals surface area contributed by atoms with Gasteiger partial charge >= 0.3 is 0 Å². The van der Waals surface area contributed by atoms with Gasteiger partial charge in [-0.15, -0.1) is 5.10 Å². The first-order valence-corrected chi connectivity index (χ1v) is 11.3. The zero-order valence-electron chi connectivity index (χ0n) is 17.7. The molecular formula is C23H18N8O2S. The third-order valence-electron chi connectivity index (χ3n) is 5.03. The summed E-state index contributed by atoms with van der Waals surface area (Å²) in [6, 6.07) is 21.7. The third kappa shape index (κ3) is 4.64. The summed E-state index contributed by atoms with van der Waals surface area (Å²) >= 11 is 1.50. The molecule has 2 amide bonds. The van der Waals surface area contributed by atoms with Crippen LogP contribution in [0.15, 0.2) is 84.3 Å². The lowest BCUT2D eigenvalue weighted by Gasteiger charge is -2.11. The van der Waals surface area contributed by atoms with Gasteiger partial charge < -0.3 is 4.98 Å². The van der Waals surface area contributed by atoms with Crippen molar-refractivity contribution >= 4 is 34.6 Å². The van der Waals surface area contributed by atoms with Crippen molar-refractivity contribution in [1.82, 2.24) is 41.0 Å². The van der Waals surface area contributed by atoms with Crippen molar-refractivity contribution in [2.75, 3.05) is 0 Å². The van der Waals surface area contributed by atoms with Crippen LogP contribution >= 0.6 is 11.8 Å². The fourth-order valence-electron chi connectivity index (χ4n) is 3.31. The minimum atomic E-state index is -0.439. The van der Waals surface area contributed by atoms with Crippen molar-refractivity contribution in [1.29, 1.82) is 0 Å². The van der Waals surface area contributed by atoms with E-state index in [0.717, 1.165) is 21.8 Å². The first kappa shape index (κ1) is 21.3. The van der Waals surface area contributed by atoms with Gasteiger partial charge in [-0.25, -0.2) is 9.67 Å². The molecule has 0 radical (unpaired) electrons. The molecule has 0 aliphatic rings. The lowest BCUT2D eigenvalue weighted by Crippen LogP contribution is -2.41. The maximum Gasteiger partial charge on any atom is 0.270 e. The van der Waals surface area contributed by atoms with E-state index in [1.54, 1.807) is 36.4 Å². The first-order chi connectivity index (χ1) is 16.7. The molecule has 0 aliphatic carbocycles. The summed E-state index contributed by atoms with van der Waals surface area (Å²) in [6.45, 7) is 0. The van der Waals surface area contributed by atoms with E-state index in [1.807, 2.05) is 36.4 Å². The van der Waals surface area contributed by atoms with Crippen LogP contribution in [0.3, 0.4) is 0 Å². The Labute approximate surface area is 197 Å². The predicted molar refractivity (Wildman–Crippen MR) is 126 cm³/mol. The molecule has 0 aliphatic heterocycles. The summed E-state index contributed by atoms with van der Waals surface area (Å²) in [7, 11) is 0. The minimum Gasteiger partial charge on any atom is -0.333 e. The van der Waals surface area contributed by atoms with Crippen LogP contribution in [0.2, 0.25) is 0 Å². The largest absolute Gasteiger partial charge is 0.333 e. The standard InChI is InChI=1S/C23H18N8O2S/c32-21(15-9-11-17(12-10-15)31-14-24-29-30-31)27-28-22(33)18-6-2-1-5-16(18)13-34-23-25-19-7-3-4-8-20(19)26-23/h1-12,14H,13H2,(H,25,26)(H,27,32)(H,28,33). The second kappa shape index (κ2) is 9.55. The molecular weight excluding hydrogens is 452 g/mol. The molecule has 3 N–H and O–H groups in total. The Morgan fingerprint density at radius 1 is 0.912 bits per heavy atom. The lowest BCUT2D eigenvalue weighted by molar-refractivity contribution is 0.0846. The highest BCUT2D eigenvalue weighted by molar-refractivity contribution is 7.98. The number of nitrogens with one attached hydrogen (secondary N) is 3. The summed E-state index contributed by atoms with van der Waals surface area (Å²) in [4.78, 5) is 33.1.